The lowest BCUT2D eigenvalue weighted by molar-refractivity contribution is 0.264. The molecule has 1 aromatic carbocycles. The molecular weight excluding hydrogens is 411 g/mol. The van der Waals surface area contributed by atoms with E-state index in [4.69, 9.17) is 0 Å². The van der Waals surface area contributed by atoms with Gasteiger partial charge in [0, 0.05) is 26.2 Å². The average molecular weight is 444 g/mol. The first kappa shape index (κ1) is 21.2. The number of nitrogens with one attached hydrogen (secondary N) is 2. The monoisotopic (exact) mass is 444 g/mol. The van der Waals surface area contributed by atoms with E-state index in [1.54, 1.807) is 0 Å². The summed E-state index contributed by atoms with van der Waals surface area (Å²) in [6.07, 6.45) is 2.72. The van der Waals surface area contributed by atoms with Crippen LogP contribution in [0.2, 0.25) is 0 Å². The van der Waals surface area contributed by atoms with E-state index in [0.29, 0.717) is 12.0 Å². The molecule has 0 aromatic heterocycles. The third-order valence-corrected chi connectivity index (χ3v) is 4.75. The van der Waals surface area contributed by atoms with Crippen LogP contribution in [0.5, 0.6) is 0 Å². The lowest BCUT2D eigenvalue weighted by atomic mass is 10.0. The molecule has 0 saturated heterocycles. The zero-order chi connectivity index (χ0) is 16.8. The minimum absolute atomic E-state index is 0. The fourth-order valence-corrected chi connectivity index (χ4v) is 2.94. The van der Waals surface area contributed by atoms with E-state index in [0.717, 1.165) is 25.0 Å². The number of aryl methyl sites for hydroxylation is 1. The van der Waals surface area contributed by atoms with Crippen LogP contribution in [0.1, 0.15) is 36.8 Å². The van der Waals surface area contributed by atoms with Crippen LogP contribution < -0.4 is 10.6 Å². The highest BCUT2D eigenvalue weighted by Gasteiger charge is 2.32. The van der Waals surface area contributed by atoms with E-state index < -0.39 is 0 Å². The van der Waals surface area contributed by atoms with Crippen molar-refractivity contribution in [2.24, 2.45) is 10.9 Å². The second-order valence-electron chi connectivity index (χ2n) is 7.01. The molecule has 5 heteroatoms. The molecule has 0 heterocycles. The van der Waals surface area contributed by atoms with Gasteiger partial charge in [-0.15, -0.1) is 24.0 Å². The van der Waals surface area contributed by atoms with Crippen LogP contribution >= 0.6 is 24.0 Å². The molecule has 1 fully saturated rings. The molecule has 2 rings (SSSR count). The number of nitrogens with zero attached hydrogens (tertiary/aromatic N) is 2. The van der Waals surface area contributed by atoms with Crippen LogP contribution in [0.25, 0.3) is 0 Å². The first-order valence-electron chi connectivity index (χ1n) is 8.68. The minimum Gasteiger partial charge on any atom is -0.356 e. The second kappa shape index (κ2) is 10.2. The van der Waals surface area contributed by atoms with Crippen molar-refractivity contribution in [1.82, 2.24) is 15.5 Å². The Morgan fingerprint density at radius 1 is 1.17 bits per heavy atom. The standard InChI is InChI=1S/C19H32N4.HI/c1-14-6-8-16(9-7-14)15(2)12-21-19(20-3)22-13-18(23(4)5)17-10-11-17;/h6-9,15,17-18H,10-13H2,1-5H3,(H2,20,21,22);1H. The molecule has 1 aliphatic carbocycles. The predicted octanol–water partition coefficient (Wildman–Crippen LogP) is 3.22. The summed E-state index contributed by atoms with van der Waals surface area (Å²) in [4.78, 5) is 6.68. The largest absolute Gasteiger partial charge is 0.356 e. The topological polar surface area (TPSA) is 39.7 Å². The quantitative estimate of drug-likeness (QED) is 0.386. The zero-order valence-electron chi connectivity index (χ0n) is 15.7. The van der Waals surface area contributed by atoms with E-state index in [1.807, 2.05) is 7.05 Å². The van der Waals surface area contributed by atoms with Crippen molar-refractivity contribution in [3.63, 3.8) is 0 Å². The highest BCUT2D eigenvalue weighted by Crippen LogP contribution is 2.34. The van der Waals surface area contributed by atoms with Crippen LogP contribution in [-0.4, -0.2) is 51.1 Å². The van der Waals surface area contributed by atoms with Gasteiger partial charge in [0.2, 0.25) is 0 Å². The highest BCUT2D eigenvalue weighted by atomic mass is 127. The first-order valence-corrected chi connectivity index (χ1v) is 8.68. The maximum absolute atomic E-state index is 4.35. The third-order valence-electron chi connectivity index (χ3n) is 4.75. The molecular formula is C19H33IN4. The Balaban J connectivity index is 0.00000288. The molecule has 0 spiro atoms. The predicted molar refractivity (Wildman–Crippen MR) is 115 cm³/mol. The summed E-state index contributed by atoms with van der Waals surface area (Å²) in [5.41, 5.74) is 2.67. The number of hydrogen-bond acceptors (Lipinski definition) is 2. The molecule has 2 unspecified atom stereocenters. The van der Waals surface area contributed by atoms with E-state index >= 15 is 0 Å². The Morgan fingerprint density at radius 3 is 2.25 bits per heavy atom. The Bertz CT molecular complexity index is 507. The highest BCUT2D eigenvalue weighted by molar-refractivity contribution is 14.0. The van der Waals surface area contributed by atoms with Crippen molar-refractivity contribution < 1.29 is 0 Å². The number of guanidine groups is 1. The normalized spacial score (nSPS) is 17.2. The molecule has 24 heavy (non-hydrogen) atoms. The van der Waals surface area contributed by atoms with Crippen LogP contribution in [0.3, 0.4) is 0 Å². The number of benzene rings is 1. The van der Waals surface area contributed by atoms with E-state index in [-0.39, 0.29) is 24.0 Å². The number of halogens is 1. The lowest BCUT2D eigenvalue weighted by Crippen LogP contribution is -2.46. The van der Waals surface area contributed by atoms with Gasteiger partial charge >= 0.3 is 0 Å². The summed E-state index contributed by atoms with van der Waals surface area (Å²) < 4.78 is 0. The molecule has 0 bridgehead atoms. The van der Waals surface area contributed by atoms with E-state index in [9.17, 15) is 0 Å². The van der Waals surface area contributed by atoms with Gasteiger partial charge in [0.1, 0.15) is 0 Å². The maximum atomic E-state index is 4.35. The Labute approximate surface area is 164 Å². The summed E-state index contributed by atoms with van der Waals surface area (Å²) in [6, 6.07) is 9.38. The van der Waals surface area contributed by atoms with Gasteiger partial charge in [-0.05, 0) is 51.3 Å². The summed E-state index contributed by atoms with van der Waals surface area (Å²) in [5.74, 6) is 2.21. The summed E-state index contributed by atoms with van der Waals surface area (Å²) in [5, 5.41) is 6.94. The van der Waals surface area contributed by atoms with Crippen LogP contribution in [-0.2, 0) is 0 Å². The molecule has 1 aliphatic rings. The van der Waals surface area contributed by atoms with Crippen molar-refractivity contribution in [3.8, 4) is 0 Å². The van der Waals surface area contributed by atoms with Gasteiger partial charge in [0.25, 0.3) is 0 Å². The fraction of sp³-hybridized carbons (Fsp3) is 0.632. The Hall–Kier alpha value is -0.820. The number of aliphatic imine (C=N–C) groups is 1. The summed E-state index contributed by atoms with van der Waals surface area (Å²) >= 11 is 0. The number of hydrogen-bond donors (Lipinski definition) is 2. The number of likely N-dealkylation sites (N-methyl/N-ethyl adjacent to an activating group) is 1. The Morgan fingerprint density at radius 2 is 1.75 bits per heavy atom. The molecule has 4 nitrogen and oxygen atoms in total. The van der Waals surface area contributed by atoms with Gasteiger partial charge in [-0.25, -0.2) is 0 Å². The van der Waals surface area contributed by atoms with Crippen molar-refractivity contribution in [1.29, 1.82) is 0 Å². The minimum atomic E-state index is 0. The SMILES string of the molecule is CN=C(NCC(C)c1ccc(C)cc1)NCC(C1CC1)N(C)C.I. The van der Waals surface area contributed by atoms with Crippen molar-refractivity contribution in [3.05, 3.63) is 35.4 Å². The van der Waals surface area contributed by atoms with E-state index in [1.165, 1.54) is 24.0 Å². The third kappa shape index (κ3) is 6.59. The second-order valence-corrected chi connectivity index (χ2v) is 7.01. The maximum Gasteiger partial charge on any atom is 0.191 e. The zero-order valence-corrected chi connectivity index (χ0v) is 18.0. The summed E-state index contributed by atoms with van der Waals surface area (Å²) in [6.45, 7) is 6.21. The van der Waals surface area contributed by atoms with Crippen LogP contribution in [0.4, 0.5) is 0 Å². The molecule has 0 radical (unpaired) electrons. The molecule has 1 saturated carbocycles. The fourth-order valence-electron chi connectivity index (χ4n) is 2.94. The van der Waals surface area contributed by atoms with Gasteiger partial charge in [0.15, 0.2) is 5.96 Å². The lowest BCUT2D eigenvalue weighted by Gasteiger charge is -2.25. The van der Waals surface area contributed by atoms with E-state index in [2.05, 4.69) is 72.7 Å². The molecule has 2 N–H and O–H groups in total. The van der Waals surface area contributed by atoms with Crippen molar-refractivity contribution >= 4 is 29.9 Å². The van der Waals surface area contributed by atoms with Crippen molar-refractivity contribution in [2.45, 2.75) is 38.6 Å². The van der Waals surface area contributed by atoms with Gasteiger partial charge in [-0.2, -0.15) is 0 Å². The van der Waals surface area contributed by atoms with Gasteiger partial charge in [0.05, 0.1) is 0 Å². The average Bonchev–Trinajstić information content (AvgIpc) is 3.35. The summed E-state index contributed by atoms with van der Waals surface area (Å²) in [7, 11) is 6.17. The molecule has 0 amide bonds. The molecule has 0 aliphatic heterocycles. The molecule has 2 atom stereocenters. The van der Waals surface area contributed by atoms with Crippen LogP contribution in [0, 0.1) is 12.8 Å². The van der Waals surface area contributed by atoms with Crippen LogP contribution in [0.15, 0.2) is 29.3 Å². The molecule has 1 aromatic rings. The van der Waals surface area contributed by atoms with Gasteiger partial charge in [-0.3, -0.25) is 4.99 Å². The Kier molecular flexibility index (Phi) is 9.05. The van der Waals surface area contributed by atoms with Crippen molar-refractivity contribution in [2.75, 3.05) is 34.2 Å². The van der Waals surface area contributed by atoms with Gasteiger partial charge < -0.3 is 15.5 Å². The molecule has 136 valence electrons. The number of rotatable bonds is 7. The smallest absolute Gasteiger partial charge is 0.191 e. The first-order chi connectivity index (χ1) is 11.0. The van der Waals surface area contributed by atoms with Gasteiger partial charge in [-0.1, -0.05) is 36.8 Å².